The molecule has 14 heavy (non-hydrogen) atoms. The largest absolute Gasteiger partial charge is 0.475 e. The molecule has 1 amide bonds. The van der Waals surface area contributed by atoms with Gasteiger partial charge in [0.15, 0.2) is 5.60 Å². The highest BCUT2D eigenvalue weighted by Gasteiger charge is 2.55. The number of hydrogen-bond donors (Lipinski definition) is 1. The van der Waals surface area contributed by atoms with E-state index in [2.05, 4.69) is 5.32 Å². The van der Waals surface area contributed by atoms with Crippen LogP contribution in [0.15, 0.2) is 18.2 Å². The fourth-order valence-corrected chi connectivity index (χ4v) is 1.81. The maximum absolute atomic E-state index is 11.6. The summed E-state index contributed by atoms with van der Waals surface area (Å²) >= 11 is 0. The summed E-state index contributed by atoms with van der Waals surface area (Å²) in [5.74, 6) is 0.847. The third-order valence-electron chi connectivity index (χ3n) is 2.88. The van der Waals surface area contributed by atoms with Crippen molar-refractivity contribution in [2.24, 2.45) is 0 Å². The lowest BCUT2D eigenvalue weighted by atomic mass is 10.1. The Labute approximate surface area is 82.1 Å². The molecule has 1 saturated carbocycles. The van der Waals surface area contributed by atoms with Crippen LogP contribution in [0.3, 0.4) is 0 Å². The van der Waals surface area contributed by atoms with Gasteiger partial charge in [0.05, 0.1) is 5.69 Å². The van der Waals surface area contributed by atoms with Gasteiger partial charge in [-0.25, -0.2) is 0 Å². The summed E-state index contributed by atoms with van der Waals surface area (Å²) in [7, 11) is 0. The standard InChI is InChI=1S/C11H11NO2/c1-7-3-2-4-8-9(7)14-11(5-6-11)10(13)12-8/h2-4H,5-6H2,1H3,(H,12,13). The number of rotatable bonds is 0. The molecule has 0 bridgehead atoms. The minimum atomic E-state index is -0.529. The molecule has 0 saturated heterocycles. The van der Waals surface area contributed by atoms with Gasteiger partial charge in [0, 0.05) is 12.8 Å². The molecule has 1 fully saturated rings. The number of carbonyl (C=O) groups excluding carboxylic acids is 1. The molecule has 1 N–H and O–H groups in total. The molecule has 1 aromatic rings. The molecule has 3 heteroatoms. The fourth-order valence-electron chi connectivity index (χ4n) is 1.81. The number of para-hydroxylation sites is 1. The van der Waals surface area contributed by atoms with Gasteiger partial charge >= 0.3 is 0 Å². The predicted molar refractivity (Wildman–Crippen MR) is 52.4 cm³/mol. The zero-order chi connectivity index (χ0) is 9.76. The Morgan fingerprint density at radius 2 is 2.21 bits per heavy atom. The summed E-state index contributed by atoms with van der Waals surface area (Å²) in [6, 6.07) is 5.78. The highest BCUT2D eigenvalue weighted by Crippen LogP contribution is 2.47. The summed E-state index contributed by atoms with van der Waals surface area (Å²) in [6.45, 7) is 1.99. The van der Waals surface area contributed by atoms with Gasteiger partial charge in [0.25, 0.3) is 5.91 Å². The first-order chi connectivity index (χ1) is 6.71. The van der Waals surface area contributed by atoms with Gasteiger partial charge < -0.3 is 10.1 Å². The van der Waals surface area contributed by atoms with E-state index in [1.807, 2.05) is 25.1 Å². The Morgan fingerprint density at radius 3 is 2.93 bits per heavy atom. The van der Waals surface area contributed by atoms with Crippen LogP contribution >= 0.6 is 0 Å². The van der Waals surface area contributed by atoms with E-state index in [1.165, 1.54) is 0 Å². The Kier molecular flexibility index (Phi) is 1.29. The van der Waals surface area contributed by atoms with E-state index in [9.17, 15) is 4.79 Å². The summed E-state index contributed by atoms with van der Waals surface area (Å²) in [5, 5.41) is 2.89. The van der Waals surface area contributed by atoms with Crippen LogP contribution in [0.4, 0.5) is 5.69 Å². The number of benzene rings is 1. The normalized spacial score (nSPS) is 21.1. The quantitative estimate of drug-likeness (QED) is 0.676. The summed E-state index contributed by atoms with van der Waals surface area (Å²) in [5.41, 5.74) is 1.35. The number of carbonyl (C=O) groups is 1. The van der Waals surface area contributed by atoms with Gasteiger partial charge in [-0.2, -0.15) is 0 Å². The third kappa shape index (κ3) is 0.895. The van der Waals surface area contributed by atoms with E-state index in [4.69, 9.17) is 4.74 Å². The summed E-state index contributed by atoms with van der Waals surface area (Å²) < 4.78 is 5.76. The van der Waals surface area contributed by atoms with Gasteiger partial charge in [-0.3, -0.25) is 4.79 Å². The van der Waals surface area contributed by atoms with Crippen molar-refractivity contribution in [1.82, 2.24) is 0 Å². The lowest BCUT2D eigenvalue weighted by Crippen LogP contribution is -2.39. The number of aryl methyl sites for hydroxylation is 1. The van der Waals surface area contributed by atoms with Crippen molar-refractivity contribution in [3.05, 3.63) is 23.8 Å². The minimum absolute atomic E-state index is 0.00981. The van der Waals surface area contributed by atoms with Crippen molar-refractivity contribution in [2.75, 3.05) is 5.32 Å². The Hall–Kier alpha value is -1.51. The van der Waals surface area contributed by atoms with E-state index in [0.717, 1.165) is 29.8 Å². The number of nitrogens with one attached hydrogen (secondary N) is 1. The second-order valence-corrected chi connectivity index (χ2v) is 4.00. The van der Waals surface area contributed by atoms with Gasteiger partial charge in [-0.1, -0.05) is 12.1 Å². The van der Waals surface area contributed by atoms with Gasteiger partial charge in [0.2, 0.25) is 0 Å². The SMILES string of the molecule is Cc1cccc2c1OC1(CC1)C(=O)N2. The minimum Gasteiger partial charge on any atom is -0.475 e. The lowest BCUT2D eigenvalue weighted by molar-refractivity contribution is -0.125. The molecule has 1 heterocycles. The third-order valence-corrected chi connectivity index (χ3v) is 2.88. The van der Waals surface area contributed by atoms with Crippen LogP contribution in [0.1, 0.15) is 18.4 Å². The molecular weight excluding hydrogens is 178 g/mol. The topological polar surface area (TPSA) is 38.3 Å². The van der Waals surface area contributed by atoms with E-state index < -0.39 is 5.60 Å². The van der Waals surface area contributed by atoms with E-state index >= 15 is 0 Å². The summed E-state index contributed by atoms with van der Waals surface area (Å²) in [4.78, 5) is 11.6. The number of amides is 1. The Bertz CT molecular complexity index is 421. The van der Waals surface area contributed by atoms with Crippen LogP contribution in [0.2, 0.25) is 0 Å². The molecule has 72 valence electrons. The fraction of sp³-hybridized carbons (Fsp3) is 0.364. The molecule has 1 spiro atoms. The van der Waals surface area contributed by atoms with Gasteiger partial charge in [0.1, 0.15) is 5.75 Å². The number of anilines is 1. The van der Waals surface area contributed by atoms with Crippen molar-refractivity contribution in [3.8, 4) is 5.75 Å². The van der Waals surface area contributed by atoms with Crippen LogP contribution in [-0.2, 0) is 4.79 Å². The van der Waals surface area contributed by atoms with Crippen molar-refractivity contribution >= 4 is 11.6 Å². The van der Waals surface area contributed by atoms with Crippen LogP contribution in [0.5, 0.6) is 5.75 Å². The average Bonchev–Trinajstić information content (AvgIpc) is 2.91. The molecule has 1 aliphatic carbocycles. The zero-order valence-electron chi connectivity index (χ0n) is 7.96. The number of ether oxygens (including phenoxy) is 1. The highest BCUT2D eigenvalue weighted by atomic mass is 16.5. The molecule has 0 unspecified atom stereocenters. The molecule has 2 aliphatic rings. The maximum Gasteiger partial charge on any atom is 0.268 e. The molecular formula is C11H11NO2. The second kappa shape index (κ2) is 2.29. The Morgan fingerprint density at radius 1 is 1.43 bits per heavy atom. The average molecular weight is 189 g/mol. The van der Waals surface area contributed by atoms with Crippen LogP contribution < -0.4 is 10.1 Å². The van der Waals surface area contributed by atoms with Crippen LogP contribution in [0.25, 0.3) is 0 Å². The molecule has 1 aliphatic heterocycles. The molecule has 0 aromatic heterocycles. The van der Waals surface area contributed by atoms with E-state index in [0.29, 0.717) is 0 Å². The smallest absolute Gasteiger partial charge is 0.268 e. The number of fused-ring (bicyclic) bond motifs is 1. The first kappa shape index (κ1) is 7.85. The molecule has 0 radical (unpaired) electrons. The second-order valence-electron chi connectivity index (χ2n) is 4.00. The van der Waals surface area contributed by atoms with Gasteiger partial charge in [-0.05, 0) is 18.6 Å². The maximum atomic E-state index is 11.6. The molecule has 3 rings (SSSR count). The van der Waals surface area contributed by atoms with Crippen LogP contribution in [0, 0.1) is 6.92 Å². The zero-order valence-corrected chi connectivity index (χ0v) is 7.96. The monoisotopic (exact) mass is 189 g/mol. The lowest BCUT2D eigenvalue weighted by Gasteiger charge is -2.26. The first-order valence-corrected chi connectivity index (χ1v) is 4.81. The van der Waals surface area contributed by atoms with Crippen molar-refractivity contribution < 1.29 is 9.53 Å². The predicted octanol–water partition coefficient (Wildman–Crippen LogP) is 1.86. The molecule has 1 aromatic carbocycles. The first-order valence-electron chi connectivity index (χ1n) is 4.81. The van der Waals surface area contributed by atoms with Crippen molar-refractivity contribution in [1.29, 1.82) is 0 Å². The highest BCUT2D eigenvalue weighted by molar-refractivity contribution is 6.02. The number of hydrogen-bond acceptors (Lipinski definition) is 2. The van der Waals surface area contributed by atoms with Crippen molar-refractivity contribution in [2.45, 2.75) is 25.4 Å². The van der Waals surface area contributed by atoms with Crippen LogP contribution in [-0.4, -0.2) is 11.5 Å². The summed E-state index contributed by atoms with van der Waals surface area (Å²) in [6.07, 6.45) is 1.68. The molecule has 0 atom stereocenters. The van der Waals surface area contributed by atoms with E-state index in [1.54, 1.807) is 0 Å². The van der Waals surface area contributed by atoms with Gasteiger partial charge in [-0.15, -0.1) is 0 Å². The van der Waals surface area contributed by atoms with E-state index in [-0.39, 0.29) is 5.91 Å². The Balaban J connectivity index is 2.11. The molecule has 3 nitrogen and oxygen atoms in total. The van der Waals surface area contributed by atoms with Crippen molar-refractivity contribution in [3.63, 3.8) is 0 Å².